The van der Waals surface area contributed by atoms with Crippen molar-refractivity contribution in [2.24, 2.45) is 29.1 Å². The van der Waals surface area contributed by atoms with Crippen LogP contribution in [0, 0.1) is 29.1 Å². The van der Waals surface area contributed by atoms with E-state index in [2.05, 4.69) is 20.8 Å². The zero-order valence-corrected chi connectivity index (χ0v) is 12.1. The Morgan fingerprint density at radius 3 is 2.28 bits per heavy atom. The Morgan fingerprint density at radius 1 is 1.11 bits per heavy atom. The maximum Gasteiger partial charge on any atom is 0.306 e. The van der Waals surface area contributed by atoms with Gasteiger partial charge in [-0.25, -0.2) is 0 Å². The van der Waals surface area contributed by atoms with Gasteiger partial charge in [0, 0.05) is 0 Å². The molecule has 2 heteroatoms. The molecular formula is C16H28O2. The predicted octanol–water partition coefficient (Wildman–Crippen LogP) is 4.34. The highest BCUT2D eigenvalue weighted by molar-refractivity contribution is 5.70. The Morgan fingerprint density at radius 2 is 1.72 bits per heavy atom. The summed E-state index contributed by atoms with van der Waals surface area (Å²) >= 11 is 0. The molecule has 0 aromatic carbocycles. The summed E-state index contributed by atoms with van der Waals surface area (Å²) in [7, 11) is 0. The van der Waals surface area contributed by atoms with E-state index in [1.54, 1.807) is 0 Å². The topological polar surface area (TPSA) is 37.3 Å². The van der Waals surface area contributed by atoms with E-state index in [9.17, 15) is 9.90 Å². The van der Waals surface area contributed by atoms with Crippen molar-refractivity contribution in [2.45, 2.75) is 65.7 Å². The molecule has 104 valence electrons. The highest BCUT2D eigenvalue weighted by Gasteiger charge is 2.42. The summed E-state index contributed by atoms with van der Waals surface area (Å²) in [6, 6.07) is 0. The summed E-state index contributed by atoms with van der Waals surface area (Å²) in [6.07, 6.45) is 8.19. The standard InChI is InChI=1S/C16H28O2/c1-11-4-6-12(7-5-11)14-10-16(2,3)9-8-13(14)15(17)18/h11-14H,4-10H2,1-3H3,(H,17,18). The van der Waals surface area contributed by atoms with Gasteiger partial charge in [0.2, 0.25) is 0 Å². The molecule has 2 nitrogen and oxygen atoms in total. The SMILES string of the molecule is CC1CCC(C2CC(C)(C)CCC2C(=O)O)CC1. The monoisotopic (exact) mass is 252 g/mol. The van der Waals surface area contributed by atoms with Crippen molar-refractivity contribution in [1.29, 1.82) is 0 Å². The van der Waals surface area contributed by atoms with Crippen LogP contribution in [0.3, 0.4) is 0 Å². The smallest absolute Gasteiger partial charge is 0.306 e. The minimum atomic E-state index is -0.547. The van der Waals surface area contributed by atoms with E-state index in [0.717, 1.165) is 25.2 Å². The van der Waals surface area contributed by atoms with Crippen molar-refractivity contribution in [3.8, 4) is 0 Å². The van der Waals surface area contributed by atoms with E-state index in [1.165, 1.54) is 25.7 Å². The fourth-order valence-electron chi connectivity index (χ4n) is 4.16. The number of carbonyl (C=O) groups is 1. The summed E-state index contributed by atoms with van der Waals surface area (Å²) in [6.45, 7) is 6.95. The third kappa shape index (κ3) is 3.07. The fourth-order valence-corrected chi connectivity index (χ4v) is 4.16. The maximum atomic E-state index is 11.5. The van der Waals surface area contributed by atoms with Crippen molar-refractivity contribution in [1.82, 2.24) is 0 Å². The number of carboxylic acids is 1. The van der Waals surface area contributed by atoms with Crippen molar-refractivity contribution in [2.75, 3.05) is 0 Å². The molecular weight excluding hydrogens is 224 g/mol. The summed E-state index contributed by atoms with van der Waals surface area (Å²) in [5, 5.41) is 9.46. The number of hydrogen-bond donors (Lipinski definition) is 1. The van der Waals surface area contributed by atoms with Gasteiger partial charge in [-0.15, -0.1) is 0 Å². The van der Waals surface area contributed by atoms with Gasteiger partial charge in [0.05, 0.1) is 5.92 Å². The second-order valence-electron chi connectivity index (χ2n) is 7.54. The predicted molar refractivity (Wildman–Crippen MR) is 73.4 cm³/mol. The van der Waals surface area contributed by atoms with Gasteiger partial charge < -0.3 is 5.11 Å². The lowest BCUT2D eigenvalue weighted by Crippen LogP contribution is -2.39. The van der Waals surface area contributed by atoms with E-state index in [0.29, 0.717) is 17.3 Å². The first-order chi connectivity index (χ1) is 8.39. The van der Waals surface area contributed by atoms with Crippen LogP contribution < -0.4 is 0 Å². The molecule has 0 aromatic rings. The molecule has 2 aliphatic carbocycles. The van der Waals surface area contributed by atoms with Gasteiger partial charge in [0.15, 0.2) is 0 Å². The second-order valence-corrected chi connectivity index (χ2v) is 7.54. The molecule has 0 heterocycles. The molecule has 0 amide bonds. The molecule has 2 atom stereocenters. The van der Waals surface area contributed by atoms with Crippen LogP contribution in [0.15, 0.2) is 0 Å². The van der Waals surface area contributed by atoms with E-state index >= 15 is 0 Å². The van der Waals surface area contributed by atoms with Gasteiger partial charge in [-0.1, -0.05) is 33.6 Å². The average Bonchev–Trinajstić information content (AvgIpc) is 2.28. The third-order valence-electron chi connectivity index (χ3n) is 5.42. The highest BCUT2D eigenvalue weighted by Crippen LogP contribution is 2.48. The van der Waals surface area contributed by atoms with Gasteiger partial charge in [0.25, 0.3) is 0 Å². The minimum Gasteiger partial charge on any atom is -0.481 e. The molecule has 18 heavy (non-hydrogen) atoms. The largest absolute Gasteiger partial charge is 0.481 e. The van der Waals surface area contributed by atoms with Crippen molar-refractivity contribution < 1.29 is 9.90 Å². The van der Waals surface area contributed by atoms with Gasteiger partial charge >= 0.3 is 5.97 Å². The van der Waals surface area contributed by atoms with Gasteiger partial charge in [-0.05, 0) is 55.3 Å². The fraction of sp³-hybridized carbons (Fsp3) is 0.938. The van der Waals surface area contributed by atoms with Crippen molar-refractivity contribution >= 4 is 5.97 Å². The Kier molecular flexibility index (Phi) is 4.03. The number of rotatable bonds is 2. The van der Waals surface area contributed by atoms with Crippen LogP contribution >= 0.6 is 0 Å². The normalized spacial score (nSPS) is 40.4. The van der Waals surface area contributed by atoms with Gasteiger partial charge in [-0.2, -0.15) is 0 Å². The van der Waals surface area contributed by atoms with Crippen LogP contribution in [0.1, 0.15) is 65.7 Å². The molecule has 2 saturated carbocycles. The zero-order chi connectivity index (χ0) is 13.3. The van der Waals surface area contributed by atoms with E-state index in [-0.39, 0.29) is 5.92 Å². The van der Waals surface area contributed by atoms with E-state index in [4.69, 9.17) is 0 Å². The molecule has 2 fully saturated rings. The first-order valence-electron chi connectivity index (χ1n) is 7.62. The first-order valence-corrected chi connectivity index (χ1v) is 7.62. The Bertz CT molecular complexity index is 300. The quantitative estimate of drug-likeness (QED) is 0.793. The van der Waals surface area contributed by atoms with Crippen LogP contribution in [0.5, 0.6) is 0 Å². The molecule has 0 saturated heterocycles. The van der Waals surface area contributed by atoms with Crippen molar-refractivity contribution in [3.05, 3.63) is 0 Å². The highest BCUT2D eigenvalue weighted by atomic mass is 16.4. The van der Waals surface area contributed by atoms with Crippen LogP contribution in [-0.2, 0) is 4.79 Å². The third-order valence-corrected chi connectivity index (χ3v) is 5.42. The molecule has 2 rings (SSSR count). The minimum absolute atomic E-state index is 0.0727. The summed E-state index contributed by atoms with van der Waals surface area (Å²) < 4.78 is 0. The zero-order valence-electron chi connectivity index (χ0n) is 12.1. The first kappa shape index (κ1) is 13.9. The Balaban J connectivity index is 2.07. The van der Waals surface area contributed by atoms with Gasteiger partial charge in [0.1, 0.15) is 0 Å². The summed E-state index contributed by atoms with van der Waals surface area (Å²) in [4.78, 5) is 11.5. The average molecular weight is 252 g/mol. The Labute approximate surface area is 111 Å². The molecule has 0 aromatic heterocycles. The summed E-state index contributed by atoms with van der Waals surface area (Å²) in [5.41, 5.74) is 0.347. The molecule has 1 N–H and O–H groups in total. The number of aliphatic carboxylic acids is 1. The molecule has 0 bridgehead atoms. The molecule has 0 spiro atoms. The molecule has 2 aliphatic rings. The summed E-state index contributed by atoms with van der Waals surface area (Å²) in [5.74, 6) is 1.33. The number of carboxylic acid groups (broad SMARTS) is 1. The van der Waals surface area contributed by atoms with E-state index < -0.39 is 5.97 Å². The van der Waals surface area contributed by atoms with Crippen LogP contribution in [-0.4, -0.2) is 11.1 Å². The van der Waals surface area contributed by atoms with E-state index in [1.807, 2.05) is 0 Å². The second kappa shape index (κ2) is 5.22. The van der Waals surface area contributed by atoms with Crippen LogP contribution in [0.2, 0.25) is 0 Å². The lowest BCUT2D eigenvalue weighted by atomic mass is 9.60. The molecule has 0 radical (unpaired) electrons. The lowest BCUT2D eigenvalue weighted by molar-refractivity contribution is -0.147. The van der Waals surface area contributed by atoms with Crippen LogP contribution in [0.4, 0.5) is 0 Å². The molecule has 2 unspecified atom stereocenters. The van der Waals surface area contributed by atoms with Crippen LogP contribution in [0.25, 0.3) is 0 Å². The molecule has 0 aliphatic heterocycles. The van der Waals surface area contributed by atoms with Gasteiger partial charge in [-0.3, -0.25) is 4.79 Å². The lowest BCUT2D eigenvalue weighted by Gasteiger charge is -2.44. The van der Waals surface area contributed by atoms with Crippen molar-refractivity contribution in [3.63, 3.8) is 0 Å². The Hall–Kier alpha value is -0.530. The number of hydrogen-bond acceptors (Lipinski definition) is 1. The maximum absolute atomic E-state index is 11.5.